The van der Waals surface area contributed by atoms with Crippen molar-refractivity contribution in [1.29, 1.82) is 0 Å². The Labute approximate surface area is 76.0 Å². The van der Waals surface area contributed by atoms with Crippen LogP contribution in [-0.2, 0) is 23.9 Å². The molecule has 0 aliphatic rings. The molecule has 0 aliphatic heterocycles. The maximum absolute atomic E-state index is 10.9. The lowest BCUT2D eigenvalue weighted by Crippen LogP contribution is -2.29. The van der Waals surface area contributed by atoms with E-state index >= 15 is 0 Å². The van der Waals surface area contributed by atoms with Gasteiger partial charge in [-0.25, -0.2) is 0 Å². The minimum atomic E-state index is -1.44. The molecule has 0 N–H and O–H groups in total. The Balaban J connectivity index is 4.23. The number of hydrogen-bond acceptors (Lipinski definition) is 5. The molecule has 13 heavy (non-hydrogen) atoms. The van der Waals surface area contributed by atoms with Gasteiger partial charge in [-0.3, -0.25) is 9.59 Å². The van der Waals surface area contributed by atoms with Gasteiger partial charge in [0, 0.05) is 0 Å². The lowest BCUT2D eigenvalue weighted by atomic mass is 10.2. The van der Waals surface area contributed by atoms with Crippen LogP contribution in [0.15, 0.2) is 0 Å². The molecule has 0 bridgehead atoms. The molecule has 0 saturated heterocycles. The summed E-state index contributed by atoms with van der Waals surface area (Å²) in [5.74, 6) is -3.17. The van der Waals surface area contributed by atoms with E-state index in [1.807, 2.05) is 0 Å². The summed E-state index contributed by atoms with van der Waals surface area (Å²) in [6.45, 7) is 3.43. The lowest BCUT2D eigenvalue weighted by Gasteiger charge is -2.07. The number of carbonyl (C=O) groups is 3. The SMILES string of the molecule is CCOC(=O)C(C=O)C(=O)OCC. The van der Waals surface area contributed by atoms with Gasteiger partial charge in [0.2, 0.25) is 5.92 Å². The molecule has 0 aromatic rings. The fourth-order valence-electron chi connectivity index (χ4n) is 0.671. The molecular formula is C8H12O5. The second-order valence-corrected chi connectivity index (χ2v) is 2.12. The summed E-state index contributed by atoms with van der Waals surface area (Å²) in [5, 5.41) is 0. The molecule has 0 aromatic carbocycles. The smallest absolute Gasteiger partial charge is 0.327 e. The first-order valence-corrected chi connectivity index (χ1v) is 3.95. The molecule has 0 atom stereocenters. The summed E-state index contributed by atoms with van der Waals surface area (Å²) >= 11 is 0. The zero-order valence-electron chi connectivity index (χ0n) is 7.61. The third-order valence-corrected chi connectivity index (χ3v) is 1.22. The first-order valence-electron chi connectivity index (χ1n) is 3.95. The fourth-order valence-corrected chi connectivity index (χ4v) is 0.671. The van der Waals surface area contributed by atoms with E-state index in [1.165, 1.54) is 0 Å². The highest BCUT2D eigenvalue weighted by atomic mass is 16.6. The van der Waals surface area contributed by atoms with Gasteiger partial charge in [-0.05, 0) is 13.8 Å². The maximum Gasteiger partial charge on any atom is 0.327 e. The van der Waals surface area contributed by atoms with Crippen LogP contribution in [0.25, 0.3) is 0 Å². The van der Waals surface area contributed by atoms with Crippen LogP contribution in [-0.4, -0.2) is 31.4 Å². The van der Waals surface area contributed by atoms with Crippen LogP contribution in [0.5, 0.6) is 0 Å². The van der Waals surface area contributed by atoms with Crippen molar-refractivity contribution < 1.29 is 23.9 Å². The van der Waals surface area contributed by atoms with E-state index in [0.717, 1.165) is 0 Å². The molecular weight excluding hydrogens is 176 g/mol. The summed E-state index contributed by atoms with van der Waals surface area (Å²) in [7, 11) is 0. The minimum absolute atomic E-state index is 0.128. The van der Waals surface area contributed by atoms with Gasteiger partial charge in [-0.1, -0.05) is 0 Å². The van der Waals surface area contributed by atoms with Gasteiger partial charge < -0.3 is 14.3 Å². The quantitative estimate of drug-likeness (QED) is 0.343. The van der Waals surface area contributed by atoms with Crippen LogP contribution < -0.4 is 0 Å². The summed E-state index contributed by atoms with van der Waals surface area (Å²) in [6, 6.07) is 0. The van der Waals surface area contributed by atoms with Gasteiger partial charge in [0.25, 0.3) is 0 Å². The number of aldehydes is 1. The van der Waals surface area contributed by atoms with E-state index < -0.39 is 17.9 Å². The molecule has 0 saturated carbocycles. The largest absolute Gasteiger partial charge is 0.465 e. The number of esters is 2. The van der Waals surface area contributed by atoms with Crippen molar-refractivity contribution >= 4 is 18.2 Å². The van der Waals surface area contributed by atoms with Crippen LogP contribution >= 0.6 is 0 Å². The molecule has 5 heteroatoms. The minimum Gasteiger partial charge on any atom is -0.465 e. The second-order valence-electron chi connectivity index (χ2n) is 2.12. The topological polar surface area (TPSA) is 69.7 Å². The van der Waals surface area contributed by atoms with Crippen LogP contribution in [0.1, 0.15) is 13.8 Å². The first kappa shape index (κ1) is 11.6. The lowest BCUT2D eigenvalue weighted by molar-refractivity contribution is -0.161. The van der Waals surface area contributed by atoms with Crippen molar-refractivity contribution in [2.75, 3.05) is 13.2 Å². The number of ether oxygens (including phenoxy) is 2. The average molecular weight is 188 g/mol. The van der Waals surface area contributed by atoms with Crippen molar-refractivity contribution in [3.05, 3.63) is 0 Å². The predicted octanol–water partition coefficient (Wildman–Crippen LogP) is -0.0723. The van der Waals surface area contributed by atoms with Crippen molar-refractivity contribution in [2.45, 2.75) is 13.8 Å². The molecule has 0 spiro atoms. The number of hydrogen-bond donors (Lipinski definition) is 0. The average Bonchev–Trinajstić information content (AvgIpc) is 2.06. The van der Waals surface area contributed by atoms with Crippen LogP contribution in [0.3, 0.4) is 0 Å². The Hall–Kier alpha value is -1.39. The molecule has 74 valence electrons. The van der Waals surface area contributed by atoms with Crippen LogP contribution in [0.4, 0.5) is 0 Å². The first-order chi connectivity index (χ1) is 6.17. The fraction of sp³-hybridized carbons (Fsp3) is 0.625. The Morgan fingerprint density at radius 3 is 1.77 bits per heavy atom. The Kier molecular flexibility index (Phi) is 5.50. The predicted molar refractivity (Wildman–Crippen MR) is 42.8 cm³/mol. The van der Waals surface area contributed by atoms with Crippen molar-refractivity contribution in [3.8, 4) is 0 Å². The molecule has 5 nitrogen and oxygen atoms in total. The van der Waals surface area contributed by atoms with E-state index in [2.05, 4.69) is 9.47 Å². The third-order valence-electron chi connectivity index (χ3n) is 1.22. The van der Waals surface area contributed by atoms with Gasteiger partial charge in [0.15, 0.2) is 0 Å². The standard InChI is InChI=1S/C8H12O5/c1-3-12-7(10)6(5-9)8(11)13-4-2/h5-6H,3-4H2,1-2H3. The third kappa shape index (κ3) is 3.68. The Morgan fingerprint density at radius 2 is 1.54 bits per heavy atom. The molecule has 0 radical (unpaired) electrons. The van der Waals surface area contributed by atoms with Crippen LogP contribution in [0, 0.1) is 5.92 Å². The van der Waals surface area contributed by atoms with Gasteiger partial charge in [-0.2, -0.15) is 0 Å². The monoisotopic (exact) mass is 188 g/mol. The van der Waals surface area contributed by atoms with Crippen molar-refractivity contribution in [1.82, 2.24) is 0 Å². The van der Waals surface area contributed by atoms with E-state index in [1.54, 1.807) is 13.8 Å². The molecule has 0 fully saturated rings. The van der Waals surface area contributed by atoms with Crippen molar-refractivity contribution in [2.24, 2.45) is 5.92 Å². The summed E-state index contributed by atoms with van der Waals surface area (Å²) in [4.78, 5) is 32.2. The highest BCUT2D eigenvalue weighted by Gasteiger charge is 2.28. The van der Waals surface area contributed by atoms with Gasteiger partial charge in [0.1, 0.15) is 6.29 Å². The summed E-state index contributed by atoms with van der Waals surface area (Å²) in [5.41, 5.74) is 0. The zero-order valence-corrected chi connectivity index (χ0v) is 7.61. The number of rotatable bonds is 5. The molecule has 0 unspecified atom stereocenters. The normalized spacial score (nSPS) is 9.46. The molecule has 0 amide bonds. The zero-order chi connectivity index (χ0) is 10.3. The summed E-state index contributed by atoms with van der Waals surface area (Å²) in [6.07, 6.45) is 0.218. The van der Waals surface area contributed by atoms with E-state index in [9.17, 15) is 14.4 Å². The van der Waals surface area contributed by atoms with Gasteiger partial charge in [-0.15, -0.1) is 0 Å². The Morgan fingerprint density at radius 1 is 1.15 bits per heavy atom. The van der Waals surface area contributed by atoms with E-state index in [0.29, 0.717) is 0 Å². The number of carbonyl (C=O) groups excluding carboxylic acids is 3. The Bertz CT molecular complexity index is 181. The second kappa shape index (κ2) is 6.16. The molecule has 0 aliphatic carbocycles. The van der Waals surface area contributed by atoms with Gasteiger partial charge >= 0.3 is 11.9 Å². The molecule has 0 aromatic heterocycles. The van der Waals surface area contributed by atoms with E-state index in [4.69, 9.17) is 0 Å². The summed E-state index contributed by atoms with van der Waals surface area (Å²) < 4.78 is 8.98. The highest BCUT2D eigenvalue weighted by molar-refractivity contribution is 6.07. The van der Waals surface area contributed by atoms with E-state index in [-0.39, 0.29) is 19.5 Å². The molecule has 0 rings (SSSR count). The highest BCUT2D eigenvalue weighted by Crippen LogP contribution is 1.99. The molecule has 0 heterocycles. The van der Waals surface area contributed by atoms with Crippen molar-refractivity contribution in [3.63, 3.8) is 0 Å². The maximum atomic E-state index is 10.9. The van der Waals surface area contributed by atoms with Gasteiger partial charge in [0.05, 0.1) is 13.2 Å². The van der Waals surface area contributed by atoms with Crippen LogP contribution in [0.2, 0.25) is 0 Å².